The maximum atomic E-state index is 13.4. The molecule has 1 fully saturated rings. The number of fused-ring (bicyclic) bond motifs is 1. The van der Waals surface area contributed by atoms with E-state index in [4.69, 9.17) is 14.2 Å². The highest BCUT2D eigenvalue weighted by Gasteiger charge is 2.41. The van der Waals surface area contributed by atoms with Crippen molar-refractivity contribution in [2.24, 2.45) is 11.0 Å². The Morgan fingerprint density at radius 3 is 2.20 bits per heavy atom. The van der Waals surface area contributed by atoms with Crippen LogP contribution >= 0.6 is 0 Å². The second kappa shape index (κ2) is 10.9. The van der Waals surface area contributed by atoms with E-state index >= 15 is 0 Å². The van der Waals surface area contributed by atoms with Gasteiger partial charge in [0.2, 0.25) is 5.75 Å². The van der Waals surface area contributed by atoms with Crippen LogP contribution in [-0.4, -0.2) is 65.3 Å². The number of carbonyl (C=O) groups excluding carboxylic acids is 2. The van der Waals surface area contributed by atoms with Gasteiger partial charge in [-0.2, -0.15) is 5.10 Å². The number of nitrogens with zero attached hydrogens (tertiary/aromatic N) is 3. The van der Waals surface area contributed by atoms with Crippen LogP contribution in [0.25, 0.3) is 0 Å². The van der Waals surface area contributed by atoms with E-state index < -0.39 is 15.9 Å². The monoisotopic (exact) mass is 564 g/mol. The fourth-order valence-corrected chi connectivity index (χ4v) is 5.83. The zero-order valence-corrected chi connectivity index (χ0v) is 23.0. The molecule has 2 heterocycles. The predicted molar refractivity (Wildman–Crippen MR) is 149 cm³/mol. The smallest absolute Gasteiger partial charge is 0.261 e. The SMILES string of the molecule is COc1cc(C(=O)N2CCC3=NN(c4ccc(NS(=O)(=O)c5ccccc5)cc4)C(=O)C3C2)cc(OC)c1OC. The molecule has 3 aromatic rings. The number of amides is 2. The second-order valence-electron chi connectivity index (χ2n) is 9.17. The van der Waals surface area contributed by atoms with Gasteiger partial charge in [0.25, 0.3) is 21.8 Å². The fourth-order valence-electron chi connectivity index (χ4n) is 4.75. The van der Waals surface area contributed by atoms with Gasteiger partial charge in [0.05, 0.1) is 43.5 Å². The average Bonchev–Trinajstić information content (AvgIpc) is 3.32. The molecule has 208 valence electrons. The van der Waals surface area contributed by atoms with Crippen LogP contribution in [-0.2, 0) is 14.8 Å². The van der Waals surface area contributed by atoms with Gasteiger partial charge in [0.15, 0.2) is 11.5 Å². The average molecular weight is 565 g/mol. The molecule has 40 heavy (non-hydrogen) atoms. The van der Waals surface area contributed by atoms with Crippen molar-refractivity contribution in [3.8, 4) is 17.2 Å². The molecule has 3 aromatic carbocycles. The summed E-state index contributed by atoms with van der Waals surface area (Å²) in [5, 5.41) is 5.83. The van der Waals surface area contributed by atoms with E-state index in [1.54, 1.807) is 59.5 Å². The number of methoxy groups -OCH3 is 3. The molecule has 1 atom stereocenters. The largest absolute Gasteiger partial charge is 0.493 e. The van der Waals surface area contributed by atoms with Gasteiger partial charge in [0.1, 0.15) is 0 Å². The Bertz CT molecular complexity index is 1550. The first kappa shape index (κ1) is 27.0. The minimum Gasteiger partial charge on any atom is -0.493 e. The van der Waals surface area contributed by atoms with Crippen LogP contribution in [0.3, 0.4) is 0 Å². The normalized spacial score (nSPS) is 16.7. The summed E-state index contributed by atoms with van der Waals surface area (Å²) >= 11 is 0. The molecule has 0 bridgehead atoms. The minimum atomic E-state index is -3.74. The predicted octanol–water partition coefficient (Wildman–Crippen LogP) is 3.38. The Balaban J connectivity index is 1.29. The Morgan fingerprint density at radius 1 is 0.950 bits per heavy atom. The minimum absolute atomic E-state index is 0.148. The number of hydrogen-bond donors (Lipinski definition) is 1. The molecule has 0 spiro atoms. The number of ether oxygens (including phenoxy) is 3. The number of rotatable bonds is 8. The Kier molecular flexibility index (Phi) is 7.35. The summed E-state index contributed by atoms with van der Waals surface area (Å²) in [6, 6.07) is 17.6. The van der Waals surface area contributed by atoms with Crippen LogP contribution in [0.1, 0.15) is 16.8 Å². The van der Waals surface area contributed by atoms with Gasteiger partial charge in [-0.15, -0.1) is 0 Å². The number of hydrogen-bond acceptors (Lipinski definition) is 8. The lowest BCUT2D eigenvalue weighted by Crippen LogP contribution is -2.46. The number of hydrazone groups is 1. The Hall–Kier alpha value is -4.58. The lowest BCUT2D eigenvalue weighted by molar-refractivity contribution is -0.120. The molecule has 2 aliphatic heterocycles. The molecule has 2 aliphatic rings. The van der Waals surface area contributed by atoms with Crippen LogP contribution in [0, 0.1) is 5.92 Å². The van der Waals surface area contributed by atoms with Crippen molar-refractivity contribution in [3.05, 3.63) is 72.3 Å². The van der Waals surface area contributed by atoms with E-state index in [2.05, 4.69) is 9.82 Å². The third-order valence-electron chi connectivity index (χ3n) is 6.79. The van der Waals surface area contributed by atoms with E-state index in [1.807, 2.05) is 0 Å². The van der Waals surface area contributed by atoms with E-state index in [1.165, 1.54) is 38.5 Å². The summed E-state index contributed by atoms with van der Waals surface area (Å²) in [6.07, 6.45) is 0.442. The van der Waals surface area contributed by atoms with Crippen molar-refractivity contribution < 1.29 is 32.2 Å². The number of carbonyl (C=O) groups is 2. The third kappa shape index (κ3) is 5.05. The molecule has 1 unspecified atom stereocenters. The summed E-state index contributed by atoms with van der Waals surface area (Å²) < 4.78 is 43.8. The zero-order chi connectivity index (χ0) is 28.4. The molecule has 12 heteroatoms. The van der Waals surface area contributed by atoms with Gasteiger partial charge in [-0.25, -0.2) is 13.4 Å². The number of nitrogens with one attached hydrogen (secondary N) is 1. The van der Waals surface area contributed by atoms with Crippen molar-refractivity contribution >= 4 is 38.9 Å². The fraction of sp³-hybridized carbons (Fsp3) is 0.250. The van der Waals surface area contributed by atoms with Gasteiger partial charge in [-0.1, -0.05) is 18.2 Å². The summed E-state index contributed by atoms with van der Waals surface area (Å²) in [4.78, 5) is 28.5. The molecular formula is C28H28N4O7S. The number of benzene rings is 3. The maximum Gasteiger partial charge on any atom is 0.261 e. The number of likely N-dealkylation sites (tertiary alicyclic amines) is 1. The lowest BCUT2D eigenvalue weighted by Gasteiger charge is -2.30. The highest BCUT2D eigenvalue weighted by molar-refractivity contribution is 7.92. The van der Waals surface area contributed by atoms with E-state index in [-0.39, 0.29) is 23.3 Å². The highest BCUT2D eigenvalue weighted by Crippen LogP contribution is 2.39. The molecule has 1 saturated heterocycles. The Labute approximate surface area is 232 Å². The Morgan fingerprint density at radius 2 is 1.60 bits per heavy atom. The highest BCUT2D eigenvalue weighted by atomic mass is 32.2. The summed E-state index contributed by atoms with van der Waals surface area (Å²) in [5.41, 5.74) is 1.90. The van der Waals surface area contributed by atoms with Crippen molar-refractivity contribution in [1.29, 1.82) is 0 Å². The topological polar surface area (TPSA) is 127 Å². The van der Waals surface area contributed by atoms with Crippen molar-refractivity contribution in [2.75, 3.05) is 44.1 Å². The summed E-state index contributed by atoms with van der Waals surface area (Å²) in [5.74, 6) is 0.0184. The van der Waals surface area contributed by atoms with Crippen LogP contribution in [0.5, 0.6) is 17.2 Å². The van der Waals surface area contributed by atoms with Crippen LogP contribution < -0.4 is 23.9 Å². The zero-order valence-electron chi connectivity index (χ0n) is 22.2. The van der Waals surface area contributed by atoms with E-state index in [0.29, 0.717) is 52.9 Å². The molecule has 5 rings (SSSR count). The number of sulfonamides is 1. The molecule has 0 aliphatic carbocycles. The summed E-state index contributed by atoms with van der Waals surface area (Å²) in [6.45, 7) is 0.574. The van der Waals surface area contributed by atoms with Crippen molar-refractivity contribution in [1.82, 2.24) is 4.90 Å². The van der Waals surface area contributed by atoms with Gasteiger partial charge < -0.3 is 19.1 Å². The molecule has 1 N–H and O–H groups in total. The lowest BCUT2D eigenvalue weighted by atomic mass is 9.95. The van der Waals surface area contributed by atoms with Gasteiger partial charge in [0, 0.05) is 30.8 Å². The van der Waals surface area contributed by atoms with Crippen molar-refractivity contribution in [2.45, 2.75) is 11.3 Å². The first-order valence-corrected chi connectivity index (χ1v) is 13.9. The van der Waals surface area contributed by atoms with Gasteiger partial charge in [-0.05, 0) is 48.5 Å². The van der Waals surface area contributed by atoms with Gasteiger partial charge in [-0.3, -0.25) is 14.3 Å². The maximum absolute atomic E-state index is 13.4. The summed E-state index contributed by atoms with van der Waals surface area (Å²) in [7, 11) is 0.702. The number of piperidine rings is 1. The van der Waals surface area contributed by atoms with Crippen LogP contribution in [0.15, 0.2) is 76.7 Å². The molecule has 0 aromatic heterocycles. The van der Waals surface area contributed by atoms with Gasteiger partial charge >= 0.3 is 0 Å². The molecular weight excluding hydrogens is 536 g/mol. The molecule has 11 nitrogen and oxygen atoms in total. The van der Waals surface area contributed by atoms with Crippen LogP contribution in [0.4, 0.5) is 11.4 Å². The molecule has 2 amide bonds. The van der Waals surface area contributed by atoms with E-state index in [9.17, 15) is 18.0 Å². The van der Waals surface area contributed by atoms with E-state index in [0.717, 1.165) is 0 Å². The second-order valence-corrected chi connectivity index (χ2v) is 10.9. The standard InChI is InChI=1S/C28H28N4O7S/c1-37-24-15-18(16-25(38-2)26(24)39-3)27(33)31-14-13-23-22(17-31)28(34)32(29-23)20-11-9-19(10-12-20)30-40(35,36)21-7-5-4-6-8-21/h4-12,15-16,22,30H,13-14,17H2,1-3H3. The van der Waals surface area contributed by atoms with Crippen molar-refractivity contribution in [3.63, 3.8) is 0 Å². The quantitative estimate of drug-likeness (QED) is 0.444. The molecule has 0 radical (unpaired) electrons. The number of anilines is 2. The van der Waals surface area contributed by atoms with Crippen LogP contribution in [0.2, 0.25) is 0 Å². The molecule has 0 saturated carbocycles. The third-order valence-corrected chi connectivity index (χ3v) is 8.19. The first-order valence-electron chi connectivity index (χ1n) is 12.4. The first-order chi connectivity index (χ1) is 19.2.